The van der Waals surface area contributed by atoms with Gasteiger partial charge < -0.3 is 9.47 Å². The Morgan fingerprint density at radius 1 is 1.44 bits per heavy atom. The van der Waals surface area contributed by atoms with Crippen molar-refractivity contribution in [2.45, 2.75) is 6.42 Å². The van der Waals surface area contributed by atoms with Crippen LogP contribution in [0.15, 0.2) is 16.6 Å². The molecule has 1 aromatic rings. The number of hydrogen-bond acceptors (Lipinski definition) is 4. The lowest BCUT2D eigenvalue weighted by atomic mass is 10.1. The van der Waals surface area contributed by atoms with Crippen molar-refractivity contribution in [1.82, 2.24) is 0 Å². The number of carbonyl (C=O) groups excluding carboxylic acids is 2. The van der Waals surface area contributed by atoms with E-state index >= 15 is 0 Å². The molecule has 4 nitrogen and oxygen atoms in total. The zero-order valence-corrected chi connectivity index (χ0v) is 10.5. The van der Waals surface area contributed by atoms with Crippen LogP contribution in [0.3, 0.4) is 0 Å². The first-order chi connectivity index (χ1) is 7.62. The third-order valence-corrected chi connectivity index (χ3v) is 2.79. The van der Waals surface area contributed by atoms with Crippen LogP contribution < -0.4 is 4.74 Å². The van der Waals surface area contributed by atoms with E-state index in [-0.39, 0.29) is 12.4 Å². The lowest BCUT2D eigenvalue weighted by Gasteiger charge is -2.10. The van der Waals surface area contributed by atoms with Gasteiger partial charge in [-0.25, -0.2) is 0 Å². The molecular weight excluding hydrogens is 276 g/mol. The molecule has 0 bridgehead atoms. The number of rotatable bonds is 4. The van der Waals surface area contributed by atoms with E-state index in [4.69, 9.17) is 4.74 Å². The summed E-state index contributed by atoms with van der Waals surface area (Å²) in [4.78, 5) is 21.8. The van der Waals surface area contributed by atoms with Crippen molar-refractivity contribution >= 4 is 28.2 Å². The first kappa shape index (κ1) is 12.7. The van der Waals surface area contributed by atoms with Gasteiger partial charge in [0.15, 0.2) is 0 Å². The van der Waals surface area contributed by atoms with Crippen LogP contribution in [-0.2, 0) is 16.0 Å². The van der Waals surface area contributed by atoms with Gasteiger partial charge in [-0.1, -0.05) is 15.9 Å². The third-order valence-electron chi connectivity index (χ3n) is 2.08. The Bertz CT molecular complexity index is 415. The second-order valence-electron chi connectivity index (χ2n) is 3.05. The minimum atomic E-state index is -0.363. The summed E-state index contributed by atoms with van der Waals surface area (Å²) in [7, 11) is 2.81. The highest BCUT2D eigenvalue weighted by atomic mass is 79.9. The van der Waals surface area contributed by atoms with Gasteiger partial charge in [0.2, 0.25) is 0 Å². The van der Waals surface area contributed by atoms with Crippen molar-refractivity contribution in [2.24, 2.45) is 0 Å². The number of carbonyl (C=O) groups is 2. The largest absolute Gasteiger partial charge is 0.496 e. The highest BCUT2D eigenvalue weighted by Crippen LogP contribution is 2.29. The molecule has 1 rings (SSSR count). The first-order valence-corrected chi connectivity index (χ1v) is 5.30. The van der Waals surface area contributed by atoms with E-state index in [0.717, 1.165) is 6.29 Å². The average Bonchev–Trinajstić information content (AvgIpc) is 2.30. The van der Waals surface area contributed by atoms with Crippen LogP contribution in [0.4, 0.5) is 0 Å². The Balaban J connectivity index is 3.16. The van der Waals surface area contributed by atoms with Crippen LogP contribution in [0.1, 0.15) is 15.9 Å². The molecular formula is C11H11BrO4. The number of esters is 1. The fourth-order valence-electron chi connectivity index (χ4n) is 1.27. The minimum absolute atomic E-state index is 0.0966. The van der Waals surface area contributed by atoms with Gasteiger partial charge in [-0.2, -0.15) is 0 Å². The van der Waals surface area contributed by atoms with Crippen LogP contribution >= 0.6 is 15.9 Å². The topological polar surface area (TPSA) is 52.6 Å². The molecule has 0 amide bonds. The maximum atomic E-state index is 11.2. The van der Waals surface area contributed by atoms with Crippen molar-refractivity contribution in [3.8, 4) is 5.75 Å². The zero-order valence-electron chi connectivity index (χ0n) is 8.95. The van der Waals surface area contributed by atoms with Gasteiger partial charge in [0, 0.05) is 15.6 Å². The Morgan fingerprint density at radius 3 is 2.62 bits per heavy atom. The molecule has 0 heterocycles. The van der Waals surface area contributed by atoms with E-state index in [2.05, 4.69) is 20.7 Å². The van der Waals surface area contributed by atoms with E-state index < -0.39 is 0 Å². The molecule has 0 aliphatic carbocycles. The SMILES string of the molecule is COC(=O)Cc1c(Br)cc(C=O)cc1OC. The van der Waals surface area contributed by atoms with E-state index in [9.17, 15) is 9.59 Å². The number of hydrogen-bond donors (Lipinski definition) is 0. The van der Waals surface area contributed by atoms with Crippen molar-refractivity contribution in [3.63, 3.8) is 0 Å². The minimum Gasteiger partial charge on any atom is -0.496 e. The molecule has 86 valence electrons. The monoisotopic (exact) mass is 286 g/mol. The number of methoxy groups -OCH3 is 2. The van der Waals surface area contributed by atoms with E-state index in [0.29, 0.717) is 21.3 Å². The predicted molar refractivity (Wildman–Crippen MR) is 61.8 cm³/mol. The van der Waals surface area contributed by atoms with Crippen LogP contribution in [0.25, 0.3) is 0 Å². The quantitative estimate of drug-likeness (QED) is 0.627. The Hall–Kier alpha value is -1.36. The maximum absolute atomic E-state index is 11.2. The molecule has 0 N–H and O–H groups in total. The molecule has 1 aromatic carbocycles. The molecule has 5 heteroatoms. The number of halogens is 1. The van der Waals surface area contributed by atoms with Gasteiger partial charge in [0.05, 0.1) is 20.6 Å². The smallest absolute Gasteiger partial charge is 0.310 e. The van der Waals surface area contributed by atoms with Crippen molar-refractivity contribution in [2.75, 3.05) is 14.2 Å². The second-order valence-corrected chi connectivity index (χ2v) is 3.91. The number of ether oxygens (including phenoxy) is 2. The molecule has 0 aromatic heterocycles. The van der Waals surface area contributed by atoms with Crippen LogP contribution in [0.5, 0.6) is 5.75 Å². The summed E-state index contributed by atoms with van der Waals surface area (Å²) in [6.07, 6.45) is 0.814. The zero-order chi connectivity index (χ0) is 12.1. The van der Waals surface area contributed by atoms with Crippen molar-refractivity contribution in [1.29, 1.82) is 0 Å². The summed E-state index contributed by atoms with van der Waals surface area (Å²) in [5, 5.41) is 0. The van der Waals surface area contributed by atoms with Crippen molar-refractivity contribution in [3.05, 3.63) is 27.7 Å². The molecule has 0 radical (unpaired) electrons. The molecule has 0 fully saturated rings. The summed E-state index contributed by atoms with van der Waals surface area (Å²) in [5.74, 6) is 0.125. The Labute approximate surface area is 102 Å². The highest BCUT2D eigenvalue weighted by molar-refractivity contribution is 9.10. The fourth-order valence-corrected chi connectivity index (χ4v) is 1.87. The Kier molecular flexibility index (Phi) is 4.49. The maximum Gasteiger partial charge on any atom is 0.310 e. The lowest BCUT2D eigenvalue weighted by Crippen LogP contribution is -2.07. The molecule has 0 aliphatic rings. The van der Waals surface area contributed by atoms with Gasteiger partial charge in [-0.15, -0.1) is 0 Å². The van der Waals surface area contributed by atoms with Crippen LogP contribution in [0.2, 0.25) is 0 Å². The molecule has 0 saturated carbocycles. The number of benzene rings is 1. The molecule has 0 atom stereocenters. The Morgan fingerprint density at radius 2 is 2.12 bits per heavy atom. The van der Waals surface area contributed by atoms with E-state index in [1.807, 2.05) is 0 Å². The normalized spacial score (nSPS) is 9.69. The summed E-state index contributed by atoms with van der Waals surface area (Å²) < 4.78 is 10.3. The van der Waals surface area contributed by atoms with Gasteiger partial charge in [-0.05, 0) is 12.1 Å². The second kappa shape index (κ2) is 5.65. The van der Waals surface area contributed by atoms with E-state index in [1.165, 1.54) is 14.2 Å². The van der Waals surface area contributed by atoms with E-state index in [1.54, 1.807) is 12.1 Å². The molecule has 0 aliphatic heterocycles. The molecule has 0 saturated heterocycles. The van der Waals surface area contributed by atoms with Gasteiger partial charge in [0.25, 0.3) is 0 Å². The molecule has 0 spiro atoms. The highest BCUT2D eigenvalue weighted by Gasteiger charge is 2.14. The van der Waals surface area contributed by atoms with Crippen LogP contribution in [0, 0.1) is 0 Å². The third kappa shape index (κ3) is 2.82. The lowest BCUT2D eigenvalue weighted by molar-refractivity contribution is -0.139. The van der Waals surface area contributed by atoms with Gasteiger partial charge >= 0.3 is 5.97 Å². The summed E-state index contributed by atoms with van der Waals surface area (Å²) in [5.41, 5.74) is 1.15. The van der Waals surface area contributed by atoms with Crippen LogP contribution in [-0.4, -0.2) is 26.5 Å². The molecule has 0 unspecified atom stereocenters. The average molecular weight is 287 g/mol. The van der Waals surface area contributed by atoms with Crippen molar-refractivity contribution < 1.29 is 19.1 Å². The van der Waals surface area contributed by atoms with Gasteiger partial charge in [0.1, 0.15) is 12.0 Å². The summed E-state index contributed by atoms with van der Waals surface area (Å²) in [6.45, 7) is 0. The molecule has 16 heavy (non-hydrogen) atoms. The standard InChI is InChI=1S/C11H11BrO4/c1-15-10-4-7(6-13)3-9(12)8(10)5-11(14)16-2/h3-4,6H,5H2,1-2H3. The number of aldehydes is 1. The summed E-state index contributed by atoms with van der Waals surface area (Å²) >= 11 is 3.29. The summed E-state index contributed by atoms with van der Waals surface area (Å²) in [6, 6.07) is 3.21. The van der Waals surface area contributed by atoms with Gasteiger partial charge in [-0.3, -0.25) is 9.59 Å². The fraction of sp³-hybridized carbons (Fsp3) is 0.273. The predicted octanol–water partition coefficient (Wildman–Crippen LogP) is 1.99. The first-order valence-electron chi connectivity index (χ1n) is 4.50.